The monoisotopic (exact) mass is 415 g/mol. The van der Waals surface area contributed by atoms with Crippen molar-refractivity contribution >= 4 is 17.5 Å². The zero-order chi connectivity index (χ0) is 21.4. The molecule has 166 valence electrons. The fraction of sp³-hybridized carbons (Fsp3) is 0.880. The standard InChI is InChI=1S/C25H37NO4/c1-14(27)22-20(26-9-10-26)12-19-18-6-5-16-11-17(30-15(2)28)7-8-24(16,3)23(18)21(29)13-25(19,22)4/h16-20,22-23H,5-13H2,1-4H3/t16-,17-,18-,19-,20+,22-,23+,24-,25-/m0/s1. The number of ether oxygens (including phenoxy) is 1. The van der Waals surface area contributed by atoms with Gasteiger partial charge in [-0.3, -0.25) is 19.3 Å². The van der Waals surface area contributed by atoms with E-state index in [9.17, 15) is 14.4 Å². The van der Waals surface area contributed by atoms with Crippen LogP contribution in [0.15, 0.2) is 0 Å². The molecule has 30 heavy (non-hydrogen) atoms. The summed E-state index contributed by atoms with van der Waals surface area (Å²) in [5, 5.41) is 0. The summed E-state index contributed by atoms with van der Waals surface area (Å²) in [7, 11) is 0. The van der Waals surface area contributed by atoms with E-state index >= 15 is 0 Å². The van der Waals surface area contributed by atoms with Gasteiger partial charge in [0.2, 0.25) is 0 Å². The number of Topliss-reactive ketones (excluding diaryl/α,β-unsaturated/α-hetero) is 2. The van der Waals surface area contributed by atoms with Crippen molar-refractivity contribution in [3.05, 3.63) is 0 Å². The molecule has 1 heterocycles. The molecule has 0 aromatic heterocycles. The summed E-state index contributed by atoms with van der Waals surface area (Å²) in [5.74, 6) is 1.98. The molecule has 9 atom stereocenters. The molecule has 5 heteroatoms. The lowest BCUT2D eigenvalue weighted by atomic mass is 9.44. The lowest BCUT2D eigenvalue weighted by molar-refractivity contribution is -0.169. The van der Waals surface area contributed by atoms with Crippen LogP contribution in [0.5, 0.6) is 0 Å². The topological polar surface area (TPSA) is 63.5 Å². The van der Waals surface area contributed by atoms with Crippen molar-refractivity contribution in [2.75, 3.05) is 13.1 Å². The number of carbonyl (C=O) groups excluding carboxylic acids is 3. The Bertz CT molecular complexity index is 775. The molecule has 0 N–H and O–H groups in total. The van der Waals surface area contributed by atoms with E-state index in [1.807, 2.05) is 0 Å². The van der Waals surface area contributed by atoms with E-state index in [1.165, 1.54) is 6.92 Å². The first kappa shape index (κ1) is 20.7. The van der Waals surface area contributed by atoms with Crippen LogP contribution in [0.3, 0.4) is 0 Å². The number of nitrogens with zero attached hydrogens (tertiary/aromatic N) is 1. The summed E-state index contributed by atoms with van der Waals surface area (Å²) in [4.78, 5) is 40.4. The number of esters is 1. The molecule has 0 radical (unpaired) electrons. The van der Waals surface area contributed by atoms with Gasteiger partial charge in [-0.2, -0.15) is 0 Å². The van der Waals surface area contributed by atoms with Crippen LogP contribution in [0.25, 0.3) is 0 Å². The molecule has 5 fully saturated rings. The molecule has 4 saturated carbocycles. The van der Waals surface area contributed by atoms with Crippen LogP contribution in [0.1, 0.15) is 72.6 Å². The third-order valence-electron chi connectivity index (χ3n) is 10.1. The first-order valence-electron chi connectivity index (χ1n) is 12.1. The Kier molecular flexibility index (Phi) is 4.74. The van der Waals surface area contributed by atoms with Crippen molar-refractivity contribution in [3.8, 4) is 0 Å². The molecule has 0 unspecified atom stereocenters. The van der Waals surface area contributed by atoms with E-state index < -0.39 is 0 Å². The highest BCUT2D eigenvalue weighted by atomic mass is 16.5. The summed E-state index contributed by atoms with van der Waals surface area (Å²) >= 11 is 0. The zero-order valence-corrected chi connectivity index (χ0v) is 19.0. The lowest BCUT2D eigenvalue weighted by Crippen LogP contribution is -2.58. The summed E-state index contributed by atoms with van der Waals surface area (Å²) in [6.45, 7) is 10.1. The van der Waals surface area contributed by atoms with E-state index in [1.54, 1.807) is 6.92 Å². The minimum Gasteiger partial charge on any atom is -0.463 e. The van der Waals surface area contributed by atoms with Gasteiger partial charge in [0.15, 0.2) is 0 Å². The number of hydrogen-bond acceptors (Lipinski definition) is 5. The summed E-state index contributed by atoms with van der Waals surface area (Å²) in [6, 6.07) is 0.342. The van der Waals surface area contributed by atoms with Crippen molar-refractivity contribution in [1.82, 2.24) is 4.90 Å². The van der Waals surface area contributed by atoms with Crippen LogP contribution in [-0.2, 0) is 19.1 Å². The third kappa shape index (κ3) is 2.94. The van der Waals surface area contributed by atoms with Gasteiger partial charge in [0.1, 0.15) is 17.7 Å². The Labute approximate surface area is 180 Å². The fourth-order valence-electron chi connectivity index (χ4n) is 8.88. The van der Waals surface area contributed by atoms with Gasteiger partial charge in [-0.15, -0.1) is 0 Å². The molecule has 0 aromatic carbocycles. The summed E-state index contributed by atoms with van der Waals surface area (Å²) in [6.07, 6.45) is 6.63. The minimum absolute atomic E-state index is 0.0140. The second-order valence-electron chi connectivity index (χ2n) is 11.6. The fourth-order valence-corrected chi connectivity index (χ4v) is 8.88. The number of hydrogen-bond donors (Lipinski definition) is 0. The van der Waals surface area contributed by atoms with Gasteiger partial charge in [-0.05, 0) is 74.0 Å². The molecule has 1 aliphatic heterocycles. The van der Waals surface area contributed by atoms with E-state index in [4.69, 9.17) is 4.74 Å². The highest BCUT2D eigenvalue weighted by Crippen LogP contribution is 2.67. The Morgan fingerprint density at radius 2 is 1.77 bits per heavy atom. The molecule has 5 rings (SSSR count). The second kappa shape index (κ2) is 6.88. The van der Waals surface area contributed by atoms with Gasteiger partial charge in [0.05, 0.1) is 0 Å². The van der Waals surface area contributed by atoms with Crippen molar-refractivity contribution in [1.29, 1.82) is 0 Å². The number of rotatable bonds is 3. The highest BCUT2D eigenvalue weighted by Gasteiger charge is 2.66. The summed E-state index contributed by atoms with van der Waals surface area (Å²) in [5.41, 5.74) is -0.156. The van der Waals surface area contributed by atoms with Gasteiger partial charge in [0.25, 0.3) is 0 Å². The normalized spacial score (nSPS) is 50.3. The quantitative estimate of drug-likeness (QED) is 0.520. The van der Waals surface area contributed by atoms with Crippen LogP contribution >= 0.6 is 0 Å². The van der Waals surface area contributed by atoms with Crippen LogP contribution in [-0.4, -0.2) is 47.7 Å². The molecule has 0 aromatic rings. The average Bonchev–Trinajstić information content (AvgIpc) is 3.43. The molecule has 4 aliphatic carbocycles. The van der Waals surface area contributed by atoms with E-state index in [2.05, 4.69) is 18.7 Å². The minimum atomic E-state index is -0.191. The van der Waals surface area contributed by atoms with Crippen LogP contribution in [0.4, 0.5) is 0 Å². The zero-order valence-electron chi connectivity index (χ0n) is 19.0. The summed E-state index contributed by atoms with van der Waals surface area (Å²) < 4.78 is 5.55. The molecule has 0 amide bonds. The van der Waals surface area contributed by atoms with Crippen molar-refractivity contribution in [3.63, 3.8) is 0 Å². The molecule has 1 saturated heterocycles. The third-order valence-corrected chi connectivity index (χ3v) is 10.1. The van der Waals surface area contributed by atoms with Crippen molar-refractivity contribution in [2.45, 2.75) is 84.8 Å². The highest BCUT2D eigenvalue weighted by molar-refractivity contribution is 5.87. The predicted molar refractivity (Wildman–Crippen MR) is 113 cm³/mol. The van der Waals surface area contributed by atoms with Gasteiger partial charge < -0.3 is 4.74 Å². The van der Waals surface area contributed by atoms with Gasteiger partial charge in [0, 0.05) is 44.3 Å². The van der Waals surface area contributed by atoms with E-state index in [0.29, 0.717) is 36.0 Å². The van der Waals surface area contributed by atoms with Crippen LogP contribution in [0, 0.1) is 40.4 Å². The van der Waals surface area contributed by atoms with E-state index in [0.717, 1.165) is 51.6 Å². The van der Waals surface area contributed by atoms with Crippen molar-refractivity contribution in [2.24, 2.45) is 40.4 Å². The molecule has 5 aliphatic rings. The first-order valence-corrected chi connectivity index (χ1v) is 12.1. The molecule has 0 spiro atoms. The predicted octanol–water partition coefficient (Wildman–Crippen LogP) is 3.64. The smallest absolute Gasteiger partial charge is 0.302 e. The molecule has 0 bridgehead atoms. The maximum atomic E-state index is 13.7. The van der Waals surface area contributed by atoms with Crippen molar-refractivity contribution < 1.29 is 19.1 Å². The number of carbonyl (C=O) groups is 3. The Hall–Kier alpha value is -1.23. The SMILES string of the molecule is CC(=O)O[C@H]1CC[C@@]2(C)[C@@H](CC[C@H]3[C@@H]4C[C@@H](N5CC5)[C@H](C(C)=O)[C@@]4(C)CC(=O)[C@@H]32)C1. The van der Waals surface area contributed by atoms with Crippen LogP contribution < -0.4 is 0 Å². The second-order valence-corrected chi connectivity index (χ2v) is 11.6. The molecular weight excluding hydrogens is 378 g/mol. The molecular formula is C25H37NO4. The largest absolute Gasteiger partial charge is 0.463 e. The molecule has 5 nitrogen and oxygen atoms in total. The Balaban J connectivity index is 1.44. The Morgan fingerprint density at radius 3 is 2.40 bits per heavy atom. The first-order chi connectivity index (χ1) is 14.1. The van der Waals surface area contributed by atoms with Crippen LogP contribution in [0.2, 0.25) is 0 Å². The maximum absolute atomic E-state index is 13.7. The van der Waals surface area contributed by atoms with Gasteiger partial charge in [-0.1, -0.05) is 13.8 Å². The van der Waals surface area contributed by atoms with E-state index in [-0.39, 0.29) is 40.5 Å². The average molecular weight is 416 g/mol. The Morgan fingerprint density at radius 1 is 1.03 bits per heavy atom. The lowest BCUT2D eigenvalue weighted by Gasteiger charge is -2.59. The van der Waals surface area contributed by atoms with Gasteiger partial charge >= 0.3 is 5.97 Å². The maximum Gasteiger partial charge on any atom is 0.302 e. The van der Waals surface area contributed by atoms with Gasteiger partial charge in [-0.25, -0.2) is 0 Å². The number of fused-ring (bicyclic) bond motifs is 5. The number of ketones is 2.